The Kier molecular flexibility index (Phi) is 7.18. The van der Waals surface area contributed by atoms with Gasteiger partial charge in [-0.05, 0) is 75.2 Å². The van der Waals surface area contributed by atoms with Gasteiger partial charge in [0.1, 0.15) is 23.0 Å². The Labute approximate surface area is 264 Å². The van der Waals surface area contributed by atoms with E-state index in [0.717, 1.165) is 50.4 Å². The van der Waals surface area contributed by atoms with E-state index < -0.39 is 11.4 Å². The Hall–Kier alpha value is -3.86. The minimum atomic E-state index is -1.30. The average molecular weight is 636 g/mol. The Morgan fingerprint density at radius 1 is 1.14 bits per heavy atom. The molecule has 10 nitrogen and oxygen atoms in total. The van der Waals surface area contributed by atoms with Crippen LogP contribution < -0.4 is 20.0 Å². The van der Waals surface area contributed by atoms with Gasteiger partial charge in [0.05, 0.1) is 34.2 Å². The fourth-order valence-electron chi connectivity index (χ4n) is 6.38. The van der Waals surface area contributed by atoms with Crippen LogP contribution in [0.25, 0.3) is 16.6 Å². The van der Waals surface area contributed by atoms with Crippen molar-refractivity contribution < 1.29 is 14.6 Å². The van der Waals surface area contributed by atoms with Crippen LogP contribution in [0.3, 0.4) is 0 Å². The number of carboxylic acids is 1. The number of benzene rings is 1. The van der Waals surface area contributed by atoms with Crippen molar-refractivity contribution in [3.8, 4) is 11.6 Å². The molecule has 0 radical (unpaired) electrons. The Morgan fingerprint density at radius 2 is 1.93 bits per heavy atom. The molecule has 0 unspecified atom stereocenters. The molecule has 1 aromatic carbocycles. The third kappa shape index (κ3) is 5.14. The number of aromatic carboxylic acids is 1. The number of carbonyl (C=O) groups is 1. The summed E-state index contributed by atoms with van der Waals surface area (Å²) >= 11 is 13.2. The lowest BCUT2D eigenvalue weighted by Crippen LogP contribution is -2.57. The molecule has 12 heteroatoms. The summed E-state index contributed by atoms with van der Waals surface area (Å²) in [4.78, 5) is 41.1. The number of ether oxygens (including phenoxy) is 1. The third-order valence-electron chi connectivity index (χ3n) is 9.25. The number of fused-ring (bicyclic) bond motifs is 1. The summed E-state index contributed by atoms with van der Waals surface area (Å²) in [5, 5.41) is 10.9. The van der Waals surface area contributed by atoms with E-state index in [-0.39, 0.29) is 22.4 Å². The van der Waals surface area contributed by atoms with Crippen LogP contribution in [0.2, 0.25) is 10.0 Å². The van der Waals surface area contributed by atoms with Crippen molar-refractivity contribution in [2.24, 2.45) is 5.41 Å². The highest BCUT2D eigenvalue weighted by Crippen LogP contribution is 2.56. The van der Waals surface area contributed by atoms with Crippen LogP contribution >= 0.6 is 23.2 Å². The maximum absolute atomic E-state index is 13.4. The van der Waals surface area contributed by atoms with E-state index in [1.807, 2.05) is 18.2 Å². The largest absolute Gasteiger partial charge is 0.477 e. The summed E-state index contributed by atoms with van der Waals surface area (Å²) in [5.74, 6) is -0.0645. The first-order chi connectivity index (χ1) is 21.1. The Bertz CT molecular complexity index is 1820. The highest BCUT2D eigenvalue weighted by atomic mass is 35.5. The second kappa shape index (κ2) is 10.9. The lowest BCUT2D eigenvalue weighted by molar-refractivity contribution is 0.0695. The first-order valence-corrected chi connectivity index (χ1v) is 15.4. The van der Waals surface area contributed by atoms with Gasteiger partial charge in [0.2, 0.25) is 11.3 Å². The van der Waals surface area contributed by atoms with E-state index >= 15 is 0 Å². The predicted octanol–water partition coefficient (Wildman–Crippen LogP) is 4.97. The van der Waals surface area contributed by atoms with Crippen molar-refractivity contribution in [1.82, 2.24) is 19.4 Å². The van der Waals surface area contributed by atoms with Crippen LogP contribution in [0.5, 0.6) is 5.88 Å². The van der Waals surface area contributed by atoms with Crippen LogP contribution in [-0.4, -0.2) is 82.9 Å². The number of hydrogen-bond acceptors (Lipinski definition) is 8. The molecule has 1 saturated carbocycles. The second-order valence-electron chi connectivity index (χ2n) is 12.4. The maximum atomic E-state index is 13.4. The molecular formula is C32H32Cl2N6O4. The molecule has 3 fully saturated rings. The lowest BCUT2D eigenvalue weighted by atomic mass is 10.0. The molecule has 2 aliphatic heterocycles. The van der Waals surface area contributed by atoms with Crippen molar-refractivity contribution in [2.75, 3.05) is 50.1 Å². The molecule has 7 rings (SSSR count). The molecule has 0 amide bonds. The minimum Gasteiger partial charge on any atom is -0.477 e. The summed E-state index contributed by atoms with van der Waals surface area (Å²) in [6, 6.07) is 11.3. The van der Waals surface area contributed by atoms with Crippen LogP contribution in [-0.2, 0) is 0 Å². The van der Waals surface area contributed by atoms with Crippen molar-refractivity contribution >= 4 is 51.6 Å². The third-order valence-corrected chi connectivity index (χ3v) is 9.84. The van der Waals surface area contributed by atoms with Gasteiger partial charge in [0.25, 0.3) is 0 Å². The first-order valence-electron chi connectivity index (χ1n) is 14.6. The lowest BCUT2D eigenvalue weighted by Gasteiger charge is -2.43. The van der Waals surface area contributed by atoms with E-state index in [4.69, 9.17) is 27.9 Å². The molecule has 3 aliphatic rings. The van der Waals surface area contributed by atoms with Crippen molar-refractivity contribution in [1.29, 1.82) is 0 Å². The molecular weight excluding hydrogens is 603 g/mol. The summed E-state index contributed by atoms with van der Waals surface area (Å²) in [6.45, 7) is 2.95. The van der Waals surface area contributed by atoms with E-state index in [1.54, 1.807) is 35.2 Å². The van der Waals surface area contributed by atoms with Gasteiger partial charge in [-0.1, -0.05) is 23.2 Å². The number of nitrogens with zero attached hydrogens (tertiary/aromatic N) is 6. The zero-order valence-electron chi connectivity index (χ0n) is 24.4. The van der Waals surface area contributed by atoms with E-state index in [0.29, 0.717) is 39.8 Å². The topological polar surface area (TPSA) is 104 Å². The number of likely N-dealkylation sites (N-methyl/N-ethyl adjacent to an activating group) is 1. The van der Waals surface area contributed by atoms with E-state index in [2.05, 4.69) is 38.8 Å². The fraction of sp³-hybridized carbons (Fsp3) is 0.375. The summed E-state index contributed by atoms with van der Waals surface area (Å²) in [7, 11) is 4.14. The van der Waals surface area contributed by atoms with Crippen LogP contribution in [0.15, 0.2) is 59.8 Å². The summed E-state index contributed by atoms with van der Waals surface area (Å²) < 4.78 is 7.80. The standard InChI is InChI=1S/C32H32Cl2N6O4/c1-37(2)21-14-38(15-21)28-6-5-19(13-36-28)39-16-23(31(42)43)29(41)22-10-25(34)27(11-26(22)39)40-18-32(7-8-32)12-20(40)17-44-30-24(33)4-3-9-35-30/h3-6,9-11,13,16,20-21H,7-8,12,14-15,17-18H2,1-2H3,(H,42,43)/t20-/m1/s1. The summed E-state index contributed by atoms with van der Waals surface area (Å²) in [5.41, 5.74) is 1.24. The quantitative estimate of drug-likeness (QED) is 0.287. The van der Waals surface area contributed by atoms with E-state index in [9.17, 15) is 14.7 Å². The zero-order valence-corrected chi connectivity index (χ0v) is 25.9. The maximum Gasteiger partial charge on any atom is 0.341 e. The molecule has 0 bridgehead atoms. The fourth-order valence-corrected chi connectivity index (χ4v) is 6.83. The van der Waals surface area contributed by atoms with Gasteiger partial charge in [-0.15, -0.1) is 0 Å². The molecule has 1 atom stereocenters. The van der Waals surface area contributed by atoms with Gasteiger partial charge in [-0.25, -0.2) is 14.8 Å². The molecule has 1 aliphatic carbocycles. The van der Waals surface area contributed by atoms with Gasteiger partial charge in [-0.3, -0.25) is 4.79 Å². The molecule has 5 heterocycles. The Balaban J connectivity index is 1.27. The molecule has 3 aromatic heterocycles. The second-order valence-corrected chi connectivity index (χ2v) is 13.2. The normalized spacial score (nSPS) is 19.2. The summed E-state index contributed by atoms with van der Waals surface area (Å²) in [6.07, 6.45) is 7.94. The van der Waals surface area contributed by atoms with Gasteiger partial charge in [0.15, 0.2) is 0 Å². The number of aromatic nitrogens is 3. The molecule has 1 spiro atoms. The van der Waals surface area contributed by atoms with E-state index in [1.165, 1.54) is 6.20 Å². The van der Waals surface area contributed by atoms with Gasteiger partial charge in [0, 0.05) is 43.5 Å². The minimum absolute atomic E-state index is 0.00690. The number of carboxylic acid groups (broad SMARTS) is 1. The number of rotatable bonds is 8. The highest BCUT2D eigenvalue weighted by Gasteiger charge is 2.52. The molecule has 1 N–H and O–H groups in total. The average Bonchev–Trinajstić information content (AvgIpc) is 3.63. The molecule has 228 valence electrons. The zero-order chi connectivity index (χ0) is 30.7. The Morgan fingerprint density at radius 3 is 2.59 bits per heavy atom. The molecule has 2 saturated heterocycles. The van der Waals surface area contributed by atoms with Crippen molar-refractivity contribution in [3.05, 3.63) is 80.8 Å². The number of halogens is 2. The van der Waals surface area contributed by atoms with Crippen LogP contribution in [0.1, 0.15) is 29.6 Å². The van der Waals surface area contributed by atoms with Crippen molar-refractivity contribution in [2.45, 2.75) is 31.3 Å². The first kappa shape index (κ1) is 28.9. The molecule has 4 aromatic rings. The smallest absolute Gasteiger partial charge is 0.341 e. The van der Waals surface area contributed by atoms with Gasteiger partial charge >= 0.3 is 5.97 Å². The van der Waals surface area contributed by atoms with Crippen LogP contribution in [0.4, 0.5) is 11.5 Å². The number of pyridine rings is 3. The number of anilines is 2. The van der Waals surface area contributed by atoms with Crippen molar-refractivity contribution in [3.63, 3.8) is 0 Å². The SMILES string of the molecule is CN(C)C1CN(c2ccc(-n3cc(C(=O)O)c(=O)c4cc(Cl)c(N5CC6(CC6)C[C@@H]5COc5ncccc5Cl)cc43)cn2)C1. The molecule has 44 heavy (non-hydrogen) atoms. The van der Waals surface area contributed by atoms with Crippen LogP contribution in [0, 0.1) is 5.41 Å². The monoisotopic (exact) mass is 634 g/mol. The highest BCUT2D eigenvalue weighted by molar-refractivity contribution is 6.34. The number of hydrogen-bond donors (Lipinski definition) is 1. The predicted molar refractivity (Wildman–Crippen MR) is 171 cm³/mol. The van der Waals surface area contributed by atoms with Gasteiger partial charge < -0.3 is 29.1 Å². The van der Waals surface area contributed by atoms with Gasteiger partial charge in [-0.2, -0.15) is 0 Å².